The predicted molar refractivity (Wildman–Crippen MR) is 103 cm³/mol. The number of hydrogen-bond acceptors (Lipinski definition) is 7. The molecule has 0 amide bonds. The van der Waals surface area contributed by atoms with Gasteiger partial charge in [-0.15, -0.1) is 0 Å². The quantitative estimate of drug-likeness (QED) is 0.577. The van der Waals surface area contributed by atoms with E-state index in [-0.39, 0.29) is 18.3 Å². The van der Waals surface area contributed by atoms with E-state index in [1.165, 1.54) is 0 Å². The van der Waals surface area contributed by atoms with Crippen molar-refractivity contribution in [1.29, 1.82) is 0 Å². The van der Waals surface area contributed by atoms with Gasteiger partial charge in [0.25, 0.3) is 0 Å². The summed E-state index contributed by atoms with van der Waals surface area (Å²) in [6.45, 7) is 2.08. The molecule has 1 aromatic carbocycles. The van der Waals surface area contributed by atoms with Gasteiger partial charge in [-0.1, -0.05) is 12.1 Å². The van der Waals surface area contributed by atoms with E-state index in [0.717, 1.165) is 12.3 Å². The Labute approximate surface area is 170 Å². The van der Waals surface area contributed by atoms with Gasteiger partial charge in [0, 0.05) is 23.9 Å². The number of carbonyl (C=O) groups is 1. The first-order valence-electron chi connectivity index (χ1n) is 9.11. The highest BCUT2D eigenvalue weighted by atomic mass is 19.4. The molecule has 30 heavy (non-hydrogen) atoms. The summed E-state index contributed by atoms with van der Waals surface area (Å²) in [4.78, 5) is 18.7. The lowest BCUT2D eigenvalue weighted by Crippen LogP contribution is -2.10. The number of ether oxygens (including phenoxy) is 1. The summed E-state index contributed by atoms with van der Waals surface area (Å²) in [5.74, 6) is -0.457. The lowest BCUT2D eigenvalue weighted by Gasteiger charge is -2.09. The van der Waals surface area contributed by atoms with Gasteiger partial charge in [0.15, 0.2) is 0 Å². The number of anilines is 2. The predicted octanol–water partition coefficient (Wildman–Crippen LogP) is 4.19. The van der Waals surface area contributed by atoms with Crippen molar-refractivity contribution in [2.24, 2.45) is 0 Å². The lowest BCUT2D eigenvalue weighted by molar-refractivity contribution is -0.143. The molecule has 3 aromatic rings. The molecule has 0 saturated heterocycles. The van der Waals surface area contributed by atoms with Gasteiger partial charge in [0.05, 0.1) is 24.4 Å². The third kappa shape index (κ3) is 5.72. The molecule has 0 aliphatic carbocycles. The number of nitrogens with one attached hydrogen (secondary N) is 1. The van der Waals surface area contributed by atoms with Crippen molar-refractivity contribution in [3.63, 3.8) is 0 Å². The minimum absolute atomic E-state index is 0.164. The zero-order valence-corrected chi connectivity index (χ0v) is 16.0. The first-order valence-corrected chi connectivity index (χ1v) is 9.11. The molecule has 0 bridgehead atoms. The Morgan fingerprint density at radius 2 is 1.97 bits per heavy atom. The van der Waals surface area contributed by atoms with Crippen LogP contribution in [0.25, 0.3) is 11.3 Å². The summed E-state index contributed by atoms with van der Waals surface area (Å²) in [6, 6.07) is 11.2. The lowest BCUT2D eigenvalue weighted by atomic mass is 10.1. The van der Waals surface area contributed by atoms with Crippen molar-refractivity contribution in [3.8, 4) is 11.3 Å². The minimum atomic E-state index is -4.55. The minimum Gasteiger partial charge on any atom is -0.466 e. The maximum atomic E-state index is 12.8. The van der Waals surface area contributed by atoms with Crippen LogP contribution in [0.1, 0.15) is 24.7 Å². The molecule has 3 rings (SSSR count). The van der Waals surface area contributed by atoms with E-state index in [2.05, 4.69) is 25.5 Å². The van der Waals surface area contributed by atoms with E-state index in [1.807, 2.05) is 0 Å². The molecular formula is C20H18F3N5O2. The second-order valence-electron chi connectivity index (χ2n) is 6.18. The van der Waals surface area contributed by atoms with Gasteiger partial charge in [0.2, 0.25) is 5.95 Å². The molecule has 2 heterocycles. The molecule has 0 atom stereocenters. The zero-order chi connectivity index (χ0) is 21.6. The number of aryl methyl sites for hydroxylation is 1. The van der Waals surface area contributed by atoms with E-state index in [1.54, 1.807) is 43.3 Å². The highest BCUT2D eigenvalue weighted by Gasteiger charge is 2.32. The number of hydrogen-bond donors (Lipinski definition) is 1. The average molecular weight is 417 g/mol. The Kier molecular flexibility index (Phi) is 6.55. The van der Waals surface area contributed by atoms with Crippen LogP contribution in [-0.2, 0) is 22.1 Å². The van der Waals surface area contributed by atoms with Gasteiger partial charge in [-0.25, -0.2) is 9.97 Å². The van der Waals surface area contributed by atoms with Crippen molar-refractivity contribution in [3.05, 3.63) is 60.0 Å². The summed E-state index contributed by atoms with van der Waals surface area (Å²) in [5, 5.41) is 11.0. The summed E-state index contributed by atoms with van der Waals surface area (Å²) in [7, 11) is 0. The molecule has 156 valence electrons. The molecule has 2 aromatic heterocycles. The second-order valence-corrected chi connectivity index (χ2v) is 6.18. The number of carbonyl (C=O) groups excluding carboxylic acids is 1. The van der Waals surface area contributed by atoms with Crippen LogP contribution >= 0.6 is 0 Å². The smallest absolute Gasteiger partial charge is 0.433 e. The number of benzene rings is 1. The molecule has 0 spiro atoms. The number of alkyl halides is 3. The van der Waals surface area contributed by atoms with Gasteiger partial charge < -0.3 is 10.1 Å². The van der Waals surface area contributed by atoms with Crippen LogP contribution in [0.5, 0.6) is 0 Å². The highest BCUT2D eigenvalue weighted by molar-refractivity contribution is 5.69. The third-order valence-electron chi connectivity index (χ3n) is 3.97. The third-order valence-corrected chi connectivity index (χ3v) is 3.97. The van der Waals surface area contributed by atoms with Gasteiger partial charge in [-0.2, -0.15) is 23.4 Å². The van der Waals surface area contributed by atoms with Crippen LogP contribution in [0.4, 0.5) is 24.8 Å². The fraction of sp³-hybridized carbons (Fsp3) is 0.250. The van der Waals surface area contributed by atoms with Crippen LogP contribution < -0.4 is 5.32 Å². The van der Waals surface area contributed by atoms with Crippen LogP contribution in [0.2, 0.25) is 0 Å². The number of esters is 1. The number of rotatable bonds is 7. The van der Waals surface area contributed by atoms with Crippen molar-refractivity contribution >= 4 is 17.6 Å². The molecule has 0 aliphatic heterocycles. The molecular weight excluding hydrogens is 399 g/mol. The zero-order valence-electron chi connectivity index (χ0n) is 16.0. The molecule has 0 aliphatic rings. The van der Waals surface area contributed by atoms with Crippen LogP contribution in [-0.4, -0.2) is 32.7 Å². The summed E-state index contributed by atoms with van der Waals surface area (Å²) in [5.41, 5.74) is 1.40. The molecule has 10 heteroatoms. The largest absolute Gasteiger partial charge is 0.466 e. The molecule has 0 unspecified atom stereocenters. The average Bonchev–Trinajstić information content (AvgIpc) is 2.73. The molecule has 0 fully saturated rings. The maximum Gasteiger partial charge on any atom is 0.433 e. The number of aromatic nitrogens is 4. The van der Waals surface area contributed by atoms with E-state index in [9.17, 15) is 18.0 Å². The second kappa shape index (κ2) is 9.29. The van der Waals surface area contributed by atoms with Crippen molar-refractivity contribution in [2.75, 3.05) is 11.9 Å². The maximum absolute atomic E-state index is 12.8. The number of halogens is 3. The Morgan fingerprint density at radius 3 is 2.67 bits per heavy atom. The summed E-state index contributed by atoms with van der Waals surface area (Å²) < 4.78 is 43.3. The van der Waals surface area contributed by atoms with Gasteiger partial charge in [-0.3, -0.25) is 4.79 Å². The Bertz CT molecular complexity index is 1010. The monoisotopic (exact) mass is 417 g/mol. The standard InChI is InChI=1S/C20H18F3N5O2/c1-2-30-18(29)9-7-14-6-8-16(28-27-14)13-4-3-5-15(12-13)25-19-24-11-10-17(26-19)20(21,22)23/h3-6,8,10-12H,2,7,9H2,1H3,(H,24,25,26). The van der Waals surface area contributed by atoms with Crippen molar-refractivity contribution < 1.29 is 22.7 Å². The fourth-order valence-corrected chi connectivity index (χ4v) is 2.57. The fourth-order valence-electron chi connectivity index (χ4n) is 2.57. The van der Waals surface area contributed by atoms with Crippen molar-refractivity contribution in [1.82, 2.24) is 20.2 Å². The molecule has 0 saturated carbocycles. The van der Waals surface area contributed by atoms with E-state index >= 15 is 0 Å². The highest BCUT2D eigenvalue weighted by Crippen LogP contribution is 2.28. The van der Waals surface area contributed by atoms with Crippen LogP contribution in [0, 0.1) is 0 Å². The van der Waals surface area contributed by atoms with Crippen molar-refractivity contribution in [2.45, 2.75) is 25.9 Å². The first-order chi connectivity index (χ1) is 14.3. The number of nitrogens with zero attached hydrogens (tertiary/aromatic N) is 4. The van der Waals surface area contributed by atoms with Gasteiger partial charge >= 0.3 is 12.1 Å². The van der Waals surface area contributed by atoms with Crippen LogP contribution in [0.3, 0.4) is 0 Å². The van der Waals surface area contributed by atoms with E-state index in [0.29, 0.717) is 35.7 Å². The summed E-state index contributed by atoms with van der Waals surface area (Å²) >= 11 is 0. The van der Waals surface area contributed by atoms with Gasteiger partial charge in [0.1, 0.15) is 5.69 Å². The van der Waals surface area contributed by atoms with Crippen LogP contribution in [0.15, 0.2) is 48.7 Å². The molecule has 0 radical (unpaired) electrons. The molecule has 1 N–H and O–H groups in total. The van der Waals surface area contributed by atoms with Gasteiger partial charge in [-0.05, 0) is 37.3 Å². The summed E-state index contributed by atoms with van der Waals surface area (Å²) in [6.07, 6.45) is -2.87. The van der Waals surface area contributed by atoms with E-state index in [4.69, 9.17) is 4.74 Å². The first kappa shape index (κ1) is 21.2. The SMILES string of the molecule is CCOC(=O)CCc1ccc(-c2cccc(Nc3nccc(C(F)(F)F)n3)c2)nn1. The Balaban J connectivity index is 1.70. The topological polar surface area (TPSA) is 89.9 Å². The Morgan fingerprint density at radius 1 is 1.13 bits per heavy atom. The normalized spacial score (nSPS) is 11.2. The molecule has 7 nitrogen and oxygen atoms in total. The Hall–Kier alpha value is -3.56. The van der Waals surface area contributed by atoms with E-state index < -0.39 is 11.9 Å².